The zero-order valence-electron chi connectivity index (χ0n) is 20.1. The second kappa shape index (κ2) is 10.3. The Labute approximate surface area is 223 Å². The lowest BCUT2D eigenvalue weighted by Crippen LogP contribution is -2.34. The van der Waals surface area contributed by atoms with E-state index in [2.05, 4.69) is 73.7 Å². The van der Waals surface area contributed by atoms with E-state index in [4.69, 9.17) is 20.4 Å². The Morgan fingerprint density at radius 2 is 1.89 bits per heavy atom. The predicted octanol–water partition coefficient (Wildman–Crippen LogP) is 5.35. The molecule has 6 rings (SSSR count). The summed E-state index contributed by atoms with van der Waals surface area (Å²) in [6.45, 7) is 2.16. The Morgan fingerprint density at radius 1 is 1.00 bits per heavy atom. The van der Waals surface area contributed by atoms with Crippen molar-refractivity contribution < 1.29 is 4.74 Å². The maximum Gasteiger partial charge on any atom is 0.165 e. The molecule has 2 aromatic carbocycles. The standard InChI is InChI=1S/C29H25BrN6O/c30-20-9-4-8-19(15-20)24-22(14-18-6-2-1-3-7-18)26(36-29-25(24)28(31)34-17-35-29)21-10-5-11-33-27(21)23-16-32-12-13-37-23/h1-11,15,17,23,32H,12-14,16H2,(H2,31,34,35,36). The van der Waals surface area contributed by atoms with E-state index in [1.807, 2.05) is 30.5 Å². The van der Waals surface area contributed by atoms with Gasteiger partial charge >= 0.3 is 0 Å². The highest BCUT2D eigenvalue weighted by atomic mass is 79.9. The Kier molecular flexibility index (Phi) is 6.61. The molecular formula is C29H25BrN6O. The molecule has 8 heteroatoms. The number of morpholine rings is 1. The van der Waals surface area contributed by atoms with Crippen LogP contribution in [0.3, 0.4) is 0 Å². The molecule has 0 amide bonds. The lowest BCUT2D eigenvalue weighted by Gasteiger charge is -2.26. The van der Waals surface area contributed by atoms with Crippen molar-refractivity contribution in [1.82, 2.24) is 25.3 Å². The van der Waals surface area contributed by atoms with Gasteiger partial charge in [0.1, 0.15) is 18.2 Å². The van der Waals surface area contributed by atoms with Crippen LogP contribution in [0.4, 0.5) is 5.82 Å². The monoisotopic (exact) mass is 552 g/mol. The molecule has 1 unspecified atom stereocenters. The summed E-state index contributed by atoms with van der Waals surface area (Å²) in [4.78, 5) is 18.8. The summed E-state index contributed by atoms with van der Waals surface area (Å²) < 4.78 is 7.09. The van der Waals surface area contributed by atoms with Crippen LogP contribution in [-0.4, -0.2) is 39.6 Å². The fourth-order valence-corrected chi connectivity index (χ4v) is 5.33. The summed E-state index contributed by atoms with van der Waals surface area (Å²) in [5.41, 5.74) is 13.8. The third-order valence-corrected chi connectivity index (χ3v) is 7.07. The maximum absolute atomic E-state index is 6.49. The van der Waals surface area contributed by atoms with Crippen molar-refractivity contribution in [3.8, 4) is 22.4 Å². The van der Waals surface area contributed by atoms with Gasteiger partial charge in [-0.25, -0.2) is 15.0 Å². The van der Waals surface area contributed by atoms with E-state index < -0.39 is 0 Å². The van der Waals surface area contributed by atoms with Crippen LogP contribution in [0.5, 0.6) is 0 Å². The van der Waals surface area contributed by atoms with E-state index in [1.54, 1.807) is 0 Å². The molecule has 3 N–H and O–H groups in total. The first-order valence-electron chi connectivity index (χ1n) is 12.2. The summed E-state index contributed by atoms with van der Waals surface area (Å²) in [5.74, 6) is 0.402. The van der Waals surface area contributed by atoms with Crippen molar-refractivity contribution >= 4 is 32.8 Å². The van der Waals surface area contributed by atoms with Crippen LogP contribution in [0.15, 0.2) is 83.7 Å². The smallest absolute Gasteiger partial charge is 0.165 e. The molecule has 7 nitrogen and oxygen atoms in total. The second-order valence-electron chi connectivity index (χ2n) is 8.94. The zero-order valence-corrected chi connectivity index (χ0v) is 21.6. The molecule has 1 saturated heterocycles. The van der Waals surface area contributed by atoms with E-state index in [0.717, 1.165) is 55.6 Å². The van der Waals surface area contributed by atoms with Crippen molar-refractivity contribution in [2.75, 3.05) is 25.4 Å². The maximum atomic E-state index is 6.49. The van der Waals surface area contributed by atoms with Gasteiger partial charge in [0.2, 0.25) is 0 Å². The Bertz CT molecular complexity index is 1570. The Balaban J connectivity index is 1.69. The largest absolute Gasteiger partial charge is 0.383 e. The highest BCUT2D eigenvalue weighted by Gasteiger charge is 2.26. The molecule has 0 spiro atoms. The number of anilines is 1. The number of hydrogen-bond donors (Lipinski definition) is 2. The minimum atomic E-state index is -0.170. The van der Waals surface area contributed by atoms with Crippen molar-refractivity contribution in [2.24, 2.45) is 0 Å². The van der Waals surface area contributed by atoms with Crippen LogP contribution in [0.25, 0.3) is 33.4 Å². The van der Waals surface area contributed by atoms with Gasteiger partial charge in [-0.3, -0.25) is 4.98 Å². The van der Waals surface area contributed by atoms with Crippen LogP contribution in [-0.2, 0) is 11.2 Å². The minimum Gasteiger partial charge on any atom is -0.383 e. The number of pyridine rings is 2. The van der Waals surface area contributed by atoms with Crippen molar-refractivity contribution in [3.63, 3.8) is 0 Å². The Hall–Kier alpha value is -3.72. The molecular weight excluding hydrogens is 528 g/mol. The first kappa shape index (κ1) is 23.7. The number of halogens is 1. The molecule has 1 fully saturated rings. The number of nitrogens with one attached hydrogen (secondary N) is 1. The molecule has 3 aromatic heterocycles. The van der Waals surface area contributed by atoms with Crippen LogP contribution in [0.1, 0.15) is 22.9 Å². The predicted molar refractivity (Wildman–Crippen MR) is 149 cm³/mol. The molecule has 1 atom stereocenters. The molecule has 0 bridgehead atoms. The SMILES string of the molecule is Nc1ncnc2nc(-c3cccnc3C3CNCCO3)c(Cc3ccccc3)c(-c3cccc(Br)c3)c12. The molecule has 5 aromatic rings. The van der Waals surface area contributed by atoms with E-state index in [9.17, 15) is 0 Å². The Morgan fingerprint density at radius 3 is 2.70 bits per heavy atom. The van der Waals surface area contributed by atoms with Crippen LogP contribution in [0.2, 0.25) is 0 Å². The van der Waals surface area contributed by atoms with Crippen LogP contribution < -0.4 is 11.1 Å². The first-order chi connectivity index (χ1) is 18.2. The highest BCUT2D eigenvalue weighted by molar-refractivity contribution is 9.10. The molecule has 0 saturated carbocycles. The van der Waals surface area contributed by atoms with E-state index in [-0.39, 0.29) is 6.10 Å². The number of fused-ring (bicyclic) bond motifs is 1. The highest BCUT2D eigenvalue weighted by Crippen LogP contribution is 2.41. The number of nitrogens with two attached hydrogens (primary N) is 1. The molecule has 1 aliphatic rings. The molecule has 0 radical (unpaired) electrons. The number of rotatable bonds is 5. The van der Waals surface area contributed by atoms with Gasteiger partial charge in [0.15, 0.2) is 5.65 Å². The molecule has 1 aliphatic heterocycles. The summed E-state index contributed by atoms with van der Waals surface area (Å²) >= 11 is 3.65. The van der Waals surface area contributed by atoms with Crippen LogP contribution >= 0.6 is 15.9 Å². The number of aromatic nitrogens is 4. The third-order valence-electron chi connectivity index (χ3n) is 6.58. The van der Waals surface area contributed by atoms with Gasteiger partial charge in [-0.2, -0.15) is 0 Å². The molecule has 184 valence electrons. The summed E-state index contributed by atoms with van der Waals surface area (Å²) in [5, 5.41) is 4.17. The number of ether oxygens (including phenoxy) is 1. The lowest BCUT2D eigenvalue weighted by atomic mass is 9.88. The average molecular weight is 553 g/mol. The van der Waals surface area contributed by atoms with Gasteiger partial charge in [0.25, 0.3) is 0 Å². The number of benzene rings is 2. The fourth-order valence-electron chi connectivity index (χ4n) is 4.93. The van der Waals surface area contributed by atoms with E-state index >= 15 is 0 Å². The van der Waals surface area contributed by atoms with Gasteiger partial charge in [-0.05, 0) is 41.0 Å². The summed E-state index contributed by atoms with van der Waals surface area (Å²) in [6, 6.07) is 22.6. The number of hydrogen-bond acceptors (Lipinski definition) is 7. The minimum absolute atomic E-state index is 0.170. The van der Waals surface area contributed by atoms with Crippen molar-refractivity contribution in [3.05, 3.63) is 101 Å². The van der Waals surface area contributed by atoms with Gasteiger partial charge in [0.05, 0.1) is 23.4 Å². The number of nitrogens with zero attached hydrogens (tertiary/aromatic N) is 4. The van der Waals surface area contributed by atoms with Gasteiger partial charge in [-0.1, -0.05) is 58.4 Å². The quantitative estimate of drug-likeness (QED) is 0.303. The normalized spacial score (nSPS) is 15.6. The number of nitrogen functional groups attached to an aromatic ring is 1. The summed E-state index contributed by atoms with van der Waals surface area (Å²) in [6.07, 6.45) is 3.75. The topological polar surface area (TPSA) is 98.8 Å². The molecule has 37 heavy (non-hydrogen) atoms. The lowest BCUT2D eigenvalue weighted by molar-refractivity contribution is 0.0254. The fraction of sp³-hybridized carbons (Fsp3) is 0.172. The van der Waals surface area contributed by atoms with Crippen molar-refractivity contribution in [2.45, 2.75) is 12.5 Å². The van der Waals surface area contributed by atoms with Crippen molar-refractivity contribution in [1.29, 1.82) is 0 Å². The van der Waals surface area contributed by atoms with Crippen LogP contribution in [0, 0.1) is 0 Å². The third kappa shape index (κ3) is 4.71. The van der Waals surface area contributed by atoms with E-state index in [1.165, 1.54) is 6.33 Å². The second-order valence-corrected chi connectivity index (χ2v) is 9.86. The van der Waals surface area contributed by atoms with E-state index in [0.29, 0.717) is 31.0 Å². The molecule has 0 aliphatic carbocycles. The van der Waals surface area contributed by atoms with Gasteiger partial charge in [-0.15, -0.1) is 0 Å². The average Bonchev–Trinajstić information content (AvgIpc) is 2.94. The molecule has 4 heterocycles. The first-order valence-corrected chi connectivity index (χ1v) is 13.0. The van der Waals surface area contributed by atoms with Gasteiger partial charge < -0.3 is 15.8 Å². The zero-order chi connectivity index (χ0) is 25.2. The summed E-state index contributed by atoms with van der Waals surface area (Å²) in [7, 11) is 0. The van der Waals surface area contributed by atoms with Gasteiger partial charge in [0, 0.05) is 41.3 Å².